The van der Waals surface area contributed by atoms with Crippen molar-refractivity contribution < 1.29 is 15.0 Å². The average molecular weight is 320 g/mol. The number of amides is 2. The van der Waals surface area contributed by atoms with Crippen molar-refractivity contribution in [1.29, 1.82) is 0 Å². The monoisotopic (exact) mass is 320 g/mol. The molecular weight excluding hydrogens is 292 g/mol. The number of aryl methyl sites for hydroxylation is 1. The van der Waals surface area contributed by atoms with E-state index >= 15 is 0 Å². The fraction of sp³-hybridized carbons (Fsp3) is 0.611. The van der Waals surface area contributed by atoms with Gasteiger partial charge in [0.1, 0.15) is 5.75 Å². The first-order chi connectivity index (χ1) is 11.0. The van der Waals surface area contributed by atoms with Crippen LogP contribution in [0.15, 0.2) is 24.3 Å². The first kappa shape index (κ1) is 17.6. The number of hydrogen-bond donors (Lipinski definition) is 3. The zero-order valence-corrected chi connectivity index (χ0v) is 14.0. The Morgan fingerprint density at radius 1 is 1.26 bits per heavy atom. The molecule has 2 rings (SSSR count). The number of piperidine rings is 1. The van der Waals surface area contributed by atoms with Crippen LogP contribution in [-0.2, 0) is 6.42 Å². The Balaban J connectivity index is 1.71. The number of nitrogens with zero attached hydrogens (tertiary/aromatic N) is 1. The standard InChI is InChI=1S/C18H28N2O3/c1-13(3-4-15-5-7-17(22)8-6-15)19-18(23)20-11-9-16(10-12-20)14(2)21/h5-8,13-14,16,21-22H,3-4,9-12H2,1-2H3,(H,19,23). The van der Waals surface area contributed by atoms with Crippen molar-refractivity contribution in [3.8, 4) is 5.75 Å². The Morgan fingerprint density at radius 3 is 2.43 bits per heavy atom. The topological polar surface area (TPSA) is 72.8 Å². The number of aliphatic hydroxyl groups is 1. The summed E-state index contributed by atoms with van der Waals surface area (Å²) in [6, 6.07) is 7.28. The third kappa shape index (κ3) is 5.43. The molecule has 128 valence electrons. The quantitative estimate of drug-likeness (QED) is 0.780. The van der Waals surface area contributed by atoms with E-state index in [1.54, 1.807) is 12.1 Å². The molecule has 0 aromatic heterocycles. The summed E-state index contributed by atoms with van der Waals surface area (Å²) in [6.45, 7) is 5.27. The molecule has 0 spiro atoms. The second-order valence-electron chi connectivity index (χ2n) is 6.62. The first-order valence-electron chi connectivity index (χ1n) is 8.47. The van der Waals surface area contributed by atoms with Gasteiger partial charge in [0.05, 0.1) is 6.10 Å². The van der Waals surface area contributed by atoms with Crippen molar-refractivity contribution in [1.82, 2.24) is 10.2 Å². The van der Waals surface area contributed by atoms with Gasteiger partial charge in [-0.2, -0.15) is 0 Å². The number of likely N-dealkylation sites (tertiary alicyclic amines) is 1. The normalized spacial score (nSPS) is 18.5. The molecule has 1 aliphatic rings. The van der Waals surface area contributed by atoms with Gasteiger partial charge in [0.15, 0.2) is 0 Å². The van der Waals surface area contributed by atoms with E-state index in [-0.39, 0.29) is 23.9 Å². The average Bonchev–Trinajstić information content (AvgIpc) is 2.54. The van der Waals surface area contributed by atoms with Crippen LogP contribution in [0, 0.1) is 5.92 Å². The minimum atomic E-state index is -0.288. The maximum Gasteiger partial charge on any atom is 0.317 e. The van der Waals surface area contributed by atoms with Crippen LogP contribution in [0.5, 0.6) is 5.75 Å². The summed E-state index contributed by atoms with van der Waals surface area (Å²) in [5.74, 6) is 0.585. The Bertz CT molecular complexity index is 493. The van der Waals surface area contributed by atoms with Crippen LogP contribution in [0.3, 0.4) is 0 Å². The lowest BCUT2D eigenvalue weighted by Crippen LogP contribution is -2.48. The van der Waals surface area contributed by atoms with Crippen LogP contribution >= 0.6 is 0 Å². The van der Waals surface area contributed by atoms with Crippen molar-refractivity contribution in [2.75, 3.05) is 13.1 Å². The van der Waals surface area contributed by atoms with E-state index < -0.39 is 0 Å². The van der Waals surface area contributed by atoms with Gasteiger partial charge in [-0.25, -0.2) is 4.79 Å². The third-order valence-corrected chi connectivity index (χ3v) is 4.68. The highest BCUT2D eigenvalue weighted by molar-refractivity contribution is 5.74. The molecule has 23 heavy (non-hydrogen) atoms. The number of aliphatic hydroxyl groups excluding tert-OH is 1. The lowest BCUT2D eigenvalue weighted by molar-refractivity contribution is 0.0793. The van der Waals surface area contributed by atoms with Gasteiger partial charge in [-0.15, -0.1) is 0 Å². The van der Waals surface area contributed by atoms with Gasteiger partial charge >= 0.3 is 6.03 Å². The van der Waals surface area contributed by atoms with E-state index in [2.05, 4.69) is 5.32 Å². The van der Waals surface area contributed by atoms with Gasteiger partial charge in [-0.1, -0.05) is 12.1 Å². The van der Waals surface area contributed by atoms with Crippen molar-refractivity contribution >= 4 is 6.03 Å². The van der Waals surface area contributed by atoms with Crippen molar-refractivity contribution in [2.24, 2.45) is 5.92 Å². The third-order valence-electron chi connectivity index (χ3n) is 4.68. The van der Waals surface area contributed by atoms with Gasteiger partial charge in [-0.3, -0.25) is 0 Å². The molecular formula is C18H28N2O3. The maximum absolute atomic E-state index is 12.3. The van der Waals surface area contributed by atoms with Crippen LogP contribution in [-0.4, -0.2) is 46.4 Å². The van der Waals surface area contributed by atoms with E-state index in [1.165, 1.54) is 0 Å². The van der Waals surface area contributed by atoms with E-state index in [0.29, 0.717) is 19.0 Å². The van der Waals surface area contributed by atoms with Gasteiger partial charge < -0.3 is 20.4 Å². The Morgan fingerprint density at radius 2 is 1.87 bits per heavy atom. The predicted molar refractivity (Wildman–Crippen MR) is 90.4 cm³/mol. The lowest BCUT2D eigenvalue weighted by Gasteiger charge is -2.34. The fourth-order valence-corrected chi connectivity index (χ4v) is 3.00. The van der Waals surface area contributed by atoms with Gasteiger partial charge in [0.25, 0.3) is 0 Å². The van der Waals surface area contributed by atoms with Crippen molar-refractivity contribution in [2.45, 2.75) is 51.7 Å². The molecule has 1 aromatic rings. The number of benzene rings is 1. The lowest BCUT2D eigenvalue weighted by atomic mass is 9.92. The Labute approximate surface area is 138 Å². The van der Waals surface area contributed by atoms with Gasteiger partial charge in [0, 0.05) is 19.1 Å². The number of nitrogens with one attached hydrogen (secondary N) is 1. The van der Waals surface area contributed by atoms with Crippen LogP contribution in [0.25, 0.3) is 0 Å². The zero-order valence-electron chi connectivity index (χ0n) is 14.0. The molecule has 5 nitrogen and oxygen atoms in total. The molecule has 1 aliphatic heterocycles. The molecule has 5 heteroatoms. The predicted octanol–water partition coefficient (Wildman–Crippen LogP) is 2.52. The van der Waals surface area contributed by atoms with E-state index in [4.69, 9.17) is 0 Å². The van der Waals surface area contributed by atoms with E-state index in [1.807, 2.05) is 30.9 Å². The largest absolute Gasteiger partial charge is 0.508 e. The molecule has 0 saturated carbocycles. The number of phenolic OH excluding ortho intramolecular Hbond substituents is 1. The number of phenols is 1. The van der Waals surface area contributed by atoms with E-state index in [0.717, 1.165) is 31.2 Å². The second-order valence-corrected chi connectivity index (χ2v) is 6.62. The number of aromatic hydroxyl groups is 1. The Hall–Kier alpha value is -1.75. The summed E-state index contributed by atoms with van der Waals surface area (Å²) in [5.41, 5.74) is 1.15. The van der Waals surface area contributed by atoms with Gasteiger partial charge in [0.2, 0.25) is 0 Å². The molecule has 2 unspecified atom stereocenters. The van der Waals surface area contributed by atoms with Gasteiger partial charge in [-0.05, 0) is 63.1 Å². The minimum Gasteiger partial charge on any atom is -0.508 e. The highest BCUT2D eigenvalue weighted by atomic mass is 16.3. The van der Waals surface area contributed by atoms with Crippen LogP contribution < -0.4 is 5.32 Å². The summed E-state index contributed by atoms with van der Waals surface area (Å²) in [4.78, 5) is 14.1. The van der Waals surface area contributed by atoms with Crippen LogP contribution in [0.1, 0.15) is 38.7 Å². The number of carbonyl (C=O) groups excluding carboxylic acids is 1. The van der Waals surface area contributed by atoms with E-state index in [9.17, 15) is 15.0 Å². The fourth-order valence-electron chi connectivity index (χ4n) is 3.00. The molecule has 0 bridgehead atoms. The summed E-state index contributed by atoms with van der Waals surface area (Å²) in [7, 11) is 0. The number of rotatable bonds is 5. The highest BCUT2D eigenvalue weighted by Gasteiger charge is 2.25. The van der Waals surface area contributed by atoms with Crippen molar-refractivity contribution in [3.63, 3.8) is 0 Å². The molecule has 0 radical (unpaired) electrons. The van der Waals surface area contributed by atoms with Crippen LogP contribution in [0.2, 0.25) is 0 Å². The smallest absolute Gasteiger partial charge is 0.317 e. The molecule has 0 aliphatic carbocycles. The summed E-state index contributed by atoms with van der Waals surface area (Å²) >= 11 is 0. The molecule has 1 heterocycles. The molecule has 2 atom stereocenters. The summed E-state index contributed by atoms with van der Waals surface area (Å²) in [5, 5.41) is 21.9. The number of hydrogen-bond acceptors (Lipinski definition) is 3. The second kappa shape index (κ2) is 8.20. The molecule has 1 fully saturated rings. The summed E-state index contributed by atoms with van der Waals surface area (Å²) < 4.78 is 0. The number of urea groups is 1. The maximum atomic E-state index is 12.3. The van der Waals surface area contributed by atoms with Crippen LogP contribution in [0.4, 0.5) is 4.79 Å². The highest BCUT2D eigenvalue weighted by Crippen LogP contribution is 2.20. The molecule has 2 amide bonds. The minimum absolute atomic E-state index is 0.00718. The molecule has 1 saturated heterocycles. The SMILES string of the molecule is CC(CCc1ccc(O)cc1)NC(=O)N1CCC(C(C)O)CC1. The zero-order chi connectivity index (χ0) is 16.8. The van der Waals surface area contributed by atoms with Crippen molar-refractivity contribution in [3.05, 3.63) is 29.8 Å². The number of carbonyl (C=O) groups is 1. The first-order valence-corrected chi connectivity index (χ1v) is 8.47. The summed E-state index contributed by atoms with van der Waals surface area (Å²) in [6.07, 6.45) is 3.18. The Kier molecular flexibility index (Phi) is 6.28. The molecule has 3 N–H and O–H groups in total. The molecule has 1 aromatic carbocycles.